The number of aromatic amines is 1. The SMILES string of the molecule is Cl.Cl.NC(Cc1c[nH]c2cccnc12)C(=O)O. The normalized spacial score (nSPS) is 11.4. The molecular formula is C10H13Cl2N3O2. The van der Waals surface area contributed by atoms with Crippen LogP contribution in [0.5, 0.6) is 0 Å². The molecule has 0 spiro atoms. The number of hydrogen-bond donors (Lipinski definition) is 3. The molecule has 5 nitrogen and oxygen atoms in total. The molecule has 7 heteroatoms. The van der Waals surface area contributed by atoms with Crippen molar-refractivity contribution < 1.29 is 9.90 Å². The van der Waals surface area contributed by atoms with Crippen molar-refractivity contribution in [2.24, 2.45) is 5.73 Å². The fraction of sp³-hybridized carbons (Fsp3) is 0.200. The molecule has 0 fully saturated rings. The molecule has 0 radical (unpaired) electrons. The number of H-pyrrole nitrogens is 1. The Balaban J connectivity index is 0.00000128. The van der Waals surface area contributed by atoms with Crippen molar-refractivity contribution in [3.05, 3.63) is 30.1 Å². The number of hydrogen-bond acceptors (Lipinski definition) is 3. The molecule has 4 N–H and O–H groups in total. The van der Waals surface area contributed by atoms with Crippen molar-refractivity contribution in [1.82, 2.24) is 9.97 Å². The minimum atomic E-state index is -1.000. The summed E-state index contributed by atoms with van der Waals surface area (Å²) in [4.78, 5) is 17.8. The van der Waals surface area contributed by atoms with Crippen LogP contribution >= 0.6 is 24.8 Å². The highest BCUT2D eigenvalue weighted by atomic mass is 35.5. The summed E-state index contributed by atoms with van der Waals surface area (Å²) in [5.41, 5.74) is 7.97. The van der Waals surface area contributed by atoms with E-state index >= 15 is 0 Å². The number of aliphatic carboxylic acids is 1. The van der Waals surface area contributed by atoms with Gasteiger partial charge in [0.2, 0.25) is 0 Å². The van der Waals surface area contributed by atoms with Gasteiger partial charge in [-0.2, -0.15) is 0 Å². The van der Waals surface area contributed by atoms with E-state index in [4.69, 9.17) is 10.8 Å². The molecule has 0 aliphatic carbocycles. The third-order valence-corrected chi connectivity index (χ3v) is 2.27. The van der Waals surface area contributed by atoms with Gasteiger partial charge in [-0.3, -0.25) is 9.78 Å². The molecule has 2 heterocycles. The van der Waals surface area contributed by atoms with E-state index in [2.05, 4.69) is 9.97 Å². The highest BCUT2D eigenvalue weighted by Crippen LogP contribution is 2.15. The maximum atomic E-state index is 10.6. The number of carboxylic acids is 1. The van der Waals surface area contributed by atoms with E-state index in [-0.39, 0.29) is 31.2 Å². The molecular weight excluding hydrogens is 265 g/mol. The third kappa shape index (κ3) is 3.33. The molecule has 0 saturated heterocycles. The molecule has 0 amide bonds. The van der Waals surface area contributed by atoms with Gasteiger partial charge in [0.05, 0.1) is 11.0 Å². The Morgan fingerprint density at radius 3 is 2.88 bits per heavy atom. The predicted molar refractivity (Wildman–Crippen MR) is 69.9 cm³/mol. The van der Waals surface area contributed by atoms with Gasteiger partial charge in [-0.1, -0.05) is 0 Å². The summed E-state index contributed by atoms with van der Waals surface area (Å²) in [6, 6.07) is 2.82. The van der Waals surface area contributed by atoms with Gasteiger partial charge < -0.3 is 15.8 Å². The number of fused-ring (bicyclic) bond motifs is 1. The Hall–Kier alpha value is -1.30. The van der Waals surface area contributed by atoms with Crippen molar-refractivity contribution >= 4 is 41.8 Å². The minimum absolute atomic E-state index is 0. The molecule has 2 rings (SSSR count). The molecule has 0 aromatic carbocycles. The van der Waals surface area contributed by atoms with E-state index in [9.17, 15) is 4.79 Å². The standard InChI is InChI=1S/C10H11N3O2.2ClH/c11-7(10(14)15)4-6-5-13-8-2-1-3-12-9(6)8;;/h1-3,5,7,13H,4,11H2,(H,14,15);2*1H. The Morgan fingerprint density at radius 1 is 1.53 bits per heavy atom. The molecule has 0 bridgehead atoms. The third-order valence-electron chi connectivity index (χ3n) is 2.27. The number of halogens is 2. The second-order valence-electron chi connectivity index (χ2n) is 3.36. The van der Waals surface area contributed by atoms with Crippen LogP contribution in [0.3, 0.4) is 0 Å². The van der Waals surface area contributed by atoms with Crippen molar-refractivity contribution in [2.75, 3.05) is 0 Å². The van der Waals surface area contributed by atoms with E-state index in [0.717, 1.165) is 16.6 Å². The Kier molecular flexibility index (Phi) is 5.95. The lowest BCUT2D eigenvalue weighted by Gasteiger charge is -2.03. The number of carboxylic acid groups (broad SMARTS) is 1. The van der Waals surface area contributed by atoms with Crippen molar-refractivity contribution in [3.63, 3.8) is 0 Å². The summed E-state index contributed by atoms with van der Waals surface area (Å²) in [6.07, 6.45) is 3.71. The number of nitrogens with one attached hydrogen (secondary N) is 1. The summed E-state index contributed by atoms with van der Waals surface area (Å²) in [5, 5.41) is 8.70. The van der Waals surface area contributed by atoms with Gasteiger partial charge in [0.1, 0.15) is 6.04 Å². The van der Waals surface area contributed by atoms with Crippen LogP contribution in [0, 0.1) is 0 Å². The van der Waals surface area contributed by atoms with Crippen LogP contribution in [0.15, 0.2) is 24.5 Å². The highest BCUT2D eigenvalue weighted by molar-refractivity contribution is 5.85. The summed E-state index contributed by atoms with van der Waals surface area (Å²) < 4.78 is 0. The Morgan fingerprint density at radius 2 is 2.24 bits per heavy atom. The molecule has 0 aliphatic rings. The Labute approximate surface area is 110 Å². The van der Waals surface area contributed by atoms with E-state index in [0.29, 0.717) is 0 Å². The van der Waals surface area contributed by atoms with Gasteiger partial charge in [-0.05, 0) is 17.7 Å². The molecule has 1 unspecified atom stereocenters. The predicted octanol–water partition coefficient (Wildman–Crippen LogP) is 1.36. The van der Waals surface area contributed by atoms with E-state index in [1.165, 1.54) is 0 Å². The molecule has 1 atom stereocenters. The number of nitrogens with zero attached hydrogens (tertiary/aromatic N) is 1. The summed E-state index contributed by atoms with van der Waals surface area (Å²) in [5.74, 6) is -1.000. The van der Waals surface area contributed by atoms with Crippen molar-refractivity contribution in [2.45, 2.75) is 12.5 Å². The number of rotatable bonds is 3. The summed E-state index contributed by atoms with van der Waals surface area (Å²) in [6.45, 7) is 0. The van der Waals surface area contributed by atoms with Crippen LogP contribution in [0.4, 0.5) is 0 Å². The summed E-state index contributed by atoms with van der Waals surface area (Å²) >= 11 is 0. The second kappa shape index (κ2) is 6.44. The van der Waals surface area contributed by atoms with Crippen LogP contribution in [0.2, 0.25) is 0 Å². The first-order chi connectivity index (χ1) is 7.18. The lowest BCUT2D eigenvalue weighted by atomic mass is 10.1. The van der Waals surface area contributed by atoms with E-state index in [1.54, 1.807) is 12.4 Å². The van der Waals surface area contributed by atoms with Gasteiger partial charge in [-0.25, -0.2) is 0 Å². The van der Waals surface area contributed by atoms with Crippen LogP contribution in [-0.2, 0) is 11.2 Å². The maximum absolute atomic E-state index is 10.6. The van der Waals surface area contributed by atoms with Gasteiger partial charge in [0.25, 0.3) is 0 Å². The van der Waals surface area contributed by atoms with Gasteiger partial charge in [-0.15, -0.1) is 24.8 Å². The zero-order valence-electron chi connectivity index (χ0n) is 8.79. The fourth-order valence-electron chi connectivity index (χ4n) is 1.49. The molecule has 2 aromatic heterocycles. The number of nitrogens with two attached hydrogens (primary N) is 1. The molecule has 17 heavy (non-hydrogen) atoms. The number of carbonyl (C=O) groups is 1. The molecule has 94 valence electrons. The van der Waals surface area contributed by atoms with Gasteiger partial charge in [0, 0.05) is 18.8 Å². The average Bonchev–Trinajstić information content (AvgIpc) is 2.62. The monoisotopic (exact) mass is 277 g/mol. The quantitative estimate of drug-likeness (QED) is 0.790. The second-order valence-corrected chi connectivity index (χ2v) is 3.36. The largest absolute Gasteiger partial charge is 0.480 e. The van der Waals surface area contributed by atoms with Crippen LogP contribution < -0.4 is 5.73 Å². The average molecular weight is 278 g/mol. The first kappa shape index (κ1) is 15.7. The van der Waals surface area contributed by atoms with E-state index in [1.807, 2.05) is 12.1 Å². The topological polar surface area (TPSA) is 92.0 Å². The number of aromatic nitrogens is 2. The minimum Gasteiger partial charge on any atom is -0.480 e. The smallest absolute Gasteiger partial charge is 0.320 e. The van der Waals surface area contributed by atoms with E-state index < -0.39 is 12.0 Å². The maximum Gasteiger partial charge on any atom is 0.320 e. The van der Waals surface area contributed by atoms with Crippen molar-refractivity contribution in [3.8, 4) is 0 Å². The van der Waals surface area contributed by atoms with Crippen LogP contribution in [0.1, 0.15) is 5.56 Å². The lowest BCUT2D eigenvalue weighted by Crippen LogP contribution is -2.32. The Bertz CT molecular complexity index is 501. The first-order valence-corrected chi connectivity index (χ1v) is 4.58. The molecule has 0 saturated carbocycles. The van der Waals surface area contributed by atoms with Gasteiger partial charge >= 0.3 is 5.97 Å². The zero-order chi connectivity index (χ0) is 10.8. The zero-order valence-corrected chi connectivity index (χ0v) is 10.4. The van der Waals surface area contributed by atoms with Crippen LogP contribution in [-0.4, -0.2) is 27.1 Å². The first-order valence-electron chi connectivity index (χ1n) is 4.58. The lowest BCUT2D eigenvalue weighted by molar-refractivity contribution is -0.138. The van der Waals surface area contributed by atoms with Crippen LogP contribution in [0.25, 0.3) is 11.0 Å². The van der Waals surface area contributed by atoms with Gasteiger partial charge in [0.15, 0.2) is 0 Å². The fourth-order valence-corrected chi connectivity index (χ4v) is 1.49. The molecule has 0 aliphatic heterocycles. The molecule has 2 aromatic rings. The number of pyridine rings is 1. The summed E-state index contributed by atoms with van der Waals surface area (Å²) in [7, 11) is 0. The van der Waals surface area contributed by atoms with Crippen molar-refractivity contribution in [1.29, 1.82) is 0 Å². The highest BCUT2D eigenvalue weighted by Gasteiger charge is 2.14.